The second-order valence-electron chi connectivity index (χ2n) is 5.25. The van der Waals surface area contributed by atoms with Crippen LogP contribution in [0.1, 0.15) is 15.7 Å². The molecule has 79 valence electrons. The molecule has 0 heterocycles. The molecule has 0 fully saturated rings. The molecular weight excluding hydrogens is 275 g/mol. The Morgan fingerprint density at radius 2 is 2.00 bits per heavy atom. The van der Waals surface area contributed by atoms with E-state index < -0.39 is 8.07 Å². The second kappa shape index (κ2) is 4.14. The largest absolute Gasteiger partial charge is 1.00 e. The predicted molar refractivity (Wildman–Crippen MR) is 67.1 cm³/mol. The van der Waals surface area contributed by atoms with Crippen LogP contribution < -0.4 is 0 Å². The van der Waals surface area contributed by atoms with Crippen LogP contribution in [0.3, 0.4) is 0 Å². The Morgan fingerprint density at radius 1 is 1.27 bits per heavy atom. The summed E-state index contributed by atoms with van der Waals surface area (Å²) in [6.07, 6.45) is 11.6. The van der Waals surface area contributed by atoms with Gasteiger partial charge in [-0.2, -0.15) is 0 Å². The van der Waals surface area contributed by atoms with Crippen molar-refractivity contribution in [3.05, 3.63) is 43.9 Å². The third-order valence-corrected chi connectivity index (χ3v) is 6.17. The summed E-state index contributed by atoms with van der Waals surface area (Å²) in [5.74, 6) is 0. The quantitative estimate of drug-likeness (QED) is 0.673. The summed E-state index contributed by atoms with van der Waals surface area (Å²) in [6.45, 7) is 7.36. The van der Waals surface area contributed by atoms with E-state index in [0.29, 0.717) is 0 Å². The maximum atomic E-state index is 2.49. The molecule has 0 amide bonds. The van der Waals surface area contributed by atoms with Gasteiger partial charge in [0.25, 0.3) is 0 Å². The van der Waals surface area contributed by atoms with Gasteiger partial charge in [0.15, 0.2) is 0 Å². The summed E-state index contributed by atoms with van der Waals surface area (Å²) in [5, 5.41) is 1.70. The van der Waals surface area contributed by atoms with Crippen LogP contribution in [-0.2, 0) is 24.7 Å². The number of rotatable bonds is 2. The third kappa shape index (κ3) is 2.26. The minimum absolute atomic E-state index is 0. The minimum atomic E-state index is -1.15. The topological polar surface area (TPSA) is 0 Å². The van der Waals surface area contributed by atoms with E-state index in [1.807, 2.05) is 0 Å². The van der Waals surface area contributed by atoms with Gasteiger partial charge in [0.2, 0.25) is 0 Å². The van der Waals surface area contributed by atoms with E-state index in [1.165, 1.54) is 6.42 Å². The van der Waals surface area contributed by atoms with Gasteiger partial charge < -0.3 is 2.85 Å². The number of allylic oxidation sites excluding steroid dienone is 8. The fraction of sp³-hybridized carbons (Fsp3) is 0.385. The Morgan fingerprint density at radius 3 is 2.53 bits per heavy atom. The molecule has 0 saturated carbocycles. The number of hydrogen-bond donors (Lipinski definition) is 0. The summed E-state index contributed by atoms with van der Waals surface area (Å²) in [6, 6.07) is 0. The monoisotopic (exact) mass is 293 g/mol. The van der Waals surface area contributed by atoms with Crippen LogP contribution in [0.5, 0.6) is 0 Å². The standard InChI is InChI=1S/C13H17Si.Zr.2H/c1-14(2,3)13-10-6-9-12(13)11-7-4-5-8-11;;;/h4-5,7,10H,6,8H2,1-3H3;;;/q;+2;2*-1. The molecule has 0 aliphatic heterocycles. The SMILES string of the molecule is C[Si](C)(C)C1=CC[C]([Zr+2])=C1C1=CC=CC1.[H-].[H-]. The van der Waals surface area contributed by atoms with Crippen LogP contribution in [0, 0.1) is 0 Å². The molecule has 2 aliphatic carbocycles. The van der Waals surface area contributed by atoms with Crippen LogP contribution in [0.15, 0.2) is 43.9 Å². The fourth-order valence-electron chi connectivity index (χ4n) is 2.25. The first-order valence-electron chi connectivity index (χ1n) is 5.52. The molecule has 0 nitrogen and oxygen atoms in total. The molecule has 0 aromatic rings. The molecule has 15 heavy (non-hydrogen) atoms. The first-order chi connectivity index (χ1) is 7.00. The molecule has 0 radical (unpaired) electrons. The molecule has 2 rings (SSSR count). The average molecular weight is 295 g/mol. The van der Waals surface area contributed by atoms with Gasteiger partial charge in [-0.3, -0.25) is 0 Å². The summed E-state index contributed by atoms with van der Waals surface area (Å²) < 4.78 is 1.66. The molecule has 0 aromatic heterocycles. The Kier molecular flexibility index (Phi) is 3.19. The normalized spacial score (nSPS) is 21.1. The fourth-order valence-corrected chi connectivity index (χ4v) is 5.31. The minimum Gasteiger partial charge on any atom is -1.00 e. The van der Waals surface area contributed by atoms with E-state index >= 15 is 0 Å². The summed E-state index contributed by atoms with van der Waals surface area (Å²) in [4.78, 5) is 0. The summed E-state index contributed by atoms with van der Waals surface area (Å²) in [5.41, 5.74) is 3.20. The van der Waals surface area contributed by atoms with Gasteiger partial charge in [-0.1, -0.05) is 0 Å². The Hall–Kier alpha value is 0.0600. The molecule has 0 saturated heterocycles. The second-order valence-corrected chi connectivity index (χ2v) is 11.8. The maximum Gasteiger partial charge on any atom is -1.00 e. The van der Waals surface area contributed by atoms with Crippen molar-refractivity contribution in [1.82, 2.24) is 0 Å². The van der Waals surface area contributed by atoms with Crippen LogP contribution in [0.25, 0.3) is 0 Å². The maximum absolute atomic E-state index is 2.49. The Labute approximate surface area is 112 Å². The third-order valence-electron chi connectivity index (χ3n) is 2.98. The average Bonchev–Trinajstić information content (AvgIpc) is 2.69. The van der Waals surface area contributed by atoms with E-state index in [-0.39, 0.29) is 2.85 Å². The van der Waals surface area contributed by atoms with Crippen molar-refractivity contribution in [2.24, 2.45) is 0 Å². The van der Waals surface area contributed by atoms with Crippen LogP contribution in [-0.4, -0.2) is 8.07 Å². The zero-order chi connectivity index (χ0) is 11.1. The summed E-state index contributed by atoms with van der Waals surface area (Å²) >= 11 is 1.60. The van der Waals surface area contributed by atoms with Crippen LogP contribution >= 0.6 is 0 Å². The van der Waals surface area contributed by atoms with Crippen molar-refractivity contribution in [3.8, 4) is 0 Å². The zero-order valence-electron chi connectivity index (χ0n) is 11.7. The van der Waals surface area contributed by atoms with Crippen molar-refractivity contribution < 1.29 is 27.6 Å². The van der Waals surface area contributed by atoms with Crippen molar-refractivity contribution in [2.45, 2.75) is 32.5 Å². The van der Waals surface area contributed by atoms with Gasteiger partial charge in [0, 0.05) is 0 Å². The van der Waals surface area contributed by atoms with E-state index in [2.05, 4.69) is 43.9 Å². The van der Waals surface area contributed by atoms with E-state index in [9.17, 15) is 0 Å². The molecule has 0 spiro atoms. The summed E-state index contributed by atoms with van der Waals surface area (Å²) in [7, 11) is -1.15. The van der Waals surface area contributed by atoms with Gasteiger partial charge in [-0.25, -0.2) is 0 Å². The van der Waals surface area contributed by atoms with E-state index in [1.54, 1.807) is 44.3 Å². The predicted octanol–water partition coefficient (Wildman–Crippen LogP) is 4.11. The van der Waals surface area contributed by atoms with Gasteiger partial charge in [-0.15, -0.1) is 0 Å². The van der Waals surface area contributed by atoms with Crippen molar-refractivity contribution in [2.75, 3.05) is 0 Å². The Bertz CT molecular complexity index is 412. The zero-order valence-corrected chi connectivity index (χ0v) is 13.2. The molecule has 0 N–H and O–H groups in total. The van der Waals surface area contributed by atoms with Gasteiger partial charge in [0.1, 0.15) is 0 Å². The van der Waals surface area contributed by atoms with Crippen molar-refractivity contribution in [1.29, 1.82) is 0 Å². The van der Waals surface area contributed by atoms with Gasteiger partial charge in [-0.05, 0) is 0 Å². The van der Waals surface area contributed by atoms with E-state index in [4.69, 9.17) is 0 Å². The molecular formula is C13H19SiZr. The first kappa shape index (κ1) is 11.5. The van der Waals surface area contributed by atoms with Crippen LogP contribution in [0.2, 0.25) is 19.6 Å². The molecule has 0 atom stereocenters. The molecule has 0 bridgehead atoms. The van der Waals surface area contributed by atoms with Gasteiger partial charge >= 0.3 is 109 Å². The van der Waals surface area contributed by atoms with E-state index in [0.717, 1.165) is 6.42 Å². The molecule has 2 heteroatoms. The Balaban J connectivity index is 0.00000128. The van der Waals surface area contributed by atoms with Crippen molar-refractivity contribution >= 4 is 8.07 Å². The number of hydrogen-bond acceptors (Lipinski definition) is 0. The smallest absolute Gasteiger partial charge is 1.00 e. The molecule has 0 aromatic carbocycles. The first-order valence-corrected chi connectivity index (χ1v) is 10.2. The van der Waals surface area contributed by atoms with Crippen molar-refractivity contribution in [3.63, 3.8) is 0 Å². The molecule has 2 aliphatic rings. The van der Waals surface area contributed by atoms with Crippen LogP contribution in [0.4, 0.5) is 0 Å². The van der Waals surface area contributed by atoms with Gasteiger partial charge in [0.05, 0.1) is 0 Å². The molecule has 0 unspecified atom stereocenters.